The zero-order valence-electron chi connectivity index (χ0n) is 7.73. The topological polar surface area (TPSA) is 20.2 Å². The Hall–Kier alpha value is -1.03. The minimum atomic E-state index is -0.930. The van der Waals surface area contributed by atoms with Gasteiger partial charge in [-0.1, -0.05) is 0 Å². The molecule has 0 aromatic heterocycles. The second-order valence-corrected chi connectivity index (χ2v) is 3.24. The maximum absolute atomic E-state index is 13.0. The van der Waals surface area contributed by atoms with E-state index in [1.54, 1.807) is 0 Å². The van der Waals surface area contributed by atoms with Gasteiger partial charge in [-0.25, -0.2) is 13.2 Å². The number of benzene rings is 1. The van der Waals surface area contributed by atoms with E-state index >= 15 is 0 Å². The molecule has 14 heavy (non-hydrogen) atoms. The zero-order valence-corrected chi connectivity index (χ0v) is 7.73. The van der Waals surface area contributed by atoms with E-state index in [-0.39, 0.29) is 18.4 Å². The van der Waals surface area contributed by atoms with Crippen LogP contribution in [-0.4, -0.2) is 11.2 Å². The van der Waals surface area contributed by atoms with Crippen molar-refractivity contribution in [2.24, 2.45) is 0 Å². The summed E-state index contributed by atoms with van der Waals surface area (Å²) in [5.41, 5.74) is -0.174. The van der Waals surface area contributed by atoms with Gasteiger partial charge in [-0.3, -0.25) is 0 Å². The molecule has 0 aliphatic rings. The van der Waals surface area contributed by atoms with Gasteiger partial charge in [0.1, 0.15) is 17.5 Å². The summed E-state index contributed by atoms with van der Waals surface area (Å²) in [5.74, 6) is -2.73. The highest BCUT2D eigenvalue weighted by Crippen LogP contribution is 2.16. The molecule has 0 heterocycles. The Morgan fingerprint density at radius 1 is 1.21 bits per heavy atom. The Bertz CT molecular complexity index is 300. The van der Waals surface area contributed by atoms with E-state index in [1.165, 1.54) is 6.92 Å². The summed E-state index contributed by atoms with van der Waals surface area (Å²) >= 11 is 0. The zero-order chi connectivity index (χ0) is 10.7. The van der Waals surface area contributed by atoms with Crippen LogP contribution in [0.4, 0.5) is 13.2 Å². The first-order chi connectivity index (χ1) is 6.50. The molecular formula is C10H11F3O. The van der Waals surface area contributed by atoms with Gasteiger partial charge in [0.2, 0.25) is 0 Å². The van der Waals surface area contributed by atoms with Crippen molar-refractivity contribution in [2.75, 3.05) is 0 Å². The molecule has 0 spiro atoms. The Kier molecular flexibility index (Phi) is 3.52. The van der Waals surface area contributed by atoms with Crippen LogP contribution in [-0.2, 0) is 6.42 Å². The molecule has 0 radical (unpaired) electrons. The molecule has 1 atom stereocenters. The molecule has 4 heteroatoms. The lowest BCUT2D eigenvalue weighted by atomic mass is 10.1. The number of aliphatic hydroxyl groups is 1. The van der Waals surface area contributed by atoms with Crippen LogP contribution < -0.4 is 0 Å². The van der Waals surface area contributed by atoms with Crippen molar-refractivity contribution >= 4 is 0 Å². The molecule has 0 aliphatic heterocycles. The molecule has 0 saturated carbocycles. The number of hydrogen-bond donors (Lipinski definition) is 1. The monoisotopic (exact) mass is 204 g/mol. The molecule has 0 unspecified atom stereocenters. The van der Waals surface area contributed by atoms with Gasteiger partial charge in [0, 0.05) is 17.7 Å². The maximum atomic E-state index is 13.0. The van der Waals surface area contributed by atoms with Gasteiger partial charge in [0.05, 0.1) is 6.10 Å². The van der Waals surface area contributed by atoms with Crippen LogP contribution in [0.15, 0.2) is 12.1 Å². The smallest absolute Gasteiger partial charge is 0.132 e. The van der Waals surface area contributed by atoms with Gasteiger partial charge in [-0.2, -0.15) is 0 Å². The molecule has 0 aliphatic carbocycles. The molecule has 0 amide bonds. The van der Waals surface area contributed by atoms with Gasteiger partial charge in [-0.15, -0.1) is 0 Å². The second-order valence-electron chi connectivity index (χ2n) is 3.24. The highest BCUT2D eigenvalue weighted by atomic mass is 19.1. The predicted molar refractivity (Wildman–Crippen MR) is 46.3 cm³/mol. The van der Waals surface area contributed by atoms with Crippen molar-refractivity contribution in [3.05, 3.63) is 35.1 Å². The molecule has 78 valence electrons. The lowest BCUT2D eigenvalue weighted by Gasteiger charge is -2.06. The minimum Gasteiger partial charge on any atom is -0.393 e. The Morgan fingerprint density at radius 2 is 1.71 bits per heavy atom. The minimum absolute atomic E-state index is 0.0651. The number of hydrogen-bond acceptors (Lipinski definition) is 1. The van der Waals surface area contributed by atoms with Crippen LogP contribution in [0, 0.1) is 17.5 Å². The molecule has 1 nitrogen and oxygen atoms in total. The molecule has 0 bridgehead atoms. The predicted octanol–water partition coefficient (Wildman–Crippen LogP) is 2.42. The SMILES string of the molecule is C[C@H](O)CCc1c(F)cc(F)cc1F. The van der Waals surface area contributed by atoms with Crippen LogP contribution in [0.3, 0.4) is 0 Å². The average molecular weight is 204 g/mol. The molecule has 0 fully saturated rings. The maximum Gasteiger partial charge on any atom is 0.132 e. The fraction of sp³-hybridized carbons (Fsp3) is 0.400. The Labute approximate surface area is 80.2 Å². The molecule has 1 aromatic rings. The van der Waals surface area contributed by atoms with Crippen molar-refractivity contribution < 1.29 is 18.3 Å². The van der Waals surface area contributed by atoms with E-state index in [9.17, 15) is 13.2 Å². The molecule has 0 saturated heterocycles. The fourth-order valence-electron chi connectivity index (χ4n) is 1.16. The first kappa shape index (κ1) is 11.0. The molecular weight excluding hydrogens is 193 g/mol. The normalized spacial score (nSPS) is 12.9. The third kappa shape index (κ3) is 2.73. The van der Waals surface area contributed by atoms with E-state index in [0.717, 1.165) is 0 Å². The van der Waals surface area contributed by atoms with Crippen molar-refractivity contribution in [2.45, 2.75) is 25.9 Å². The standard InChI is InChI=1S/C10H11F3O/c1-6(14)2-3-8-9(12)4-7(11)5-10(8)13/h4-6,14H,2-3H2,1H3/t6-/m0/s1. The van der Waals surface area contributed by atoms with Crippen LogP contribution >= 0.6 is 0 Å². The number of rotatable bonds is 3. The lowest BCUT2D eigenvalue weighted by molar-refractivity contribution is 0.184. The summed E-state index contributed by atoms with van der Waals surface area (Å²) in [5, 5.41) is 8.93. The highest BCUT2D eigenvalue weighted by Gasteiger charge is 2.11. The van der Waals surface area contributed by atoms with Crippen molar-refractivity contribution in [3.63, 3.8) is 0 Å². The Morgan fingerprint density at radius 3 is 2.14 bits per heavy atom. The van der Waals surface area contributed by atoms with E-state index in [4.69, 9.17) is 5.11 Å². The van der Waals surface area contributed by atoms with Gasteiger partial charge in [0.25, 0.3) is 0 Å². The molecule has 1 N–H and O–H groups in total. The largest absolute Gasteiger partial charge is 0.393 e. The van der Waals surface area contributed by atoms with E-state index in [0.29, 0.717) is 12.1 Å². The quantitative estimate of drug-likeness (QED) is 0.801. The van der Waals surface area contributed by atoms with Crippen LogP contribution in [0.2, 0.25) is 0 Å². The van der Waals surface area contributed by atoms with E-state index in [2.05, 4.69) is 0 Å². The summed E-state index contributed by atoms with van der Waals surface area (Å²) in [6, 6.07) is 1.28. The van der Waals surface area contributed by atoms with E-state index in [1.807, 2.05) is 0 Å². The summed E-state index contributed by atoms with van der Waals surface area (Å²) in [7, 11) is 0. The van der Waals surface area contributed by atoms with E-state index < -0.39 is 23.6 Å². The number of aliphatic hydroxyl groups excluding tert-OH is 1. The summed E-state index contributed by atoms with van der Waals surface area (Å²) in [6.45, 7) is 1.53. The van der Waals surface area contributed by atoms with Gasteiger partial charge >= 0.3 is 0 Å². The summed E-state index contributed by atoms with van der Waals surface area (Å²) in [4.78, 5) is 0. The first-order valence-corrected chi connectivity index (χ1v) is 4.32. The van der Waals surface area contributed by atoms with Crippen molar-refractivity contribution in [1.29, 1.82) is 0 Å². The van der Waals surface area contributed by atoms with Crippen molar-refractivity contribution in [3.8, 4) is 0 Å². The molecule has 1 aromatic carbocycles. The number of halogens is 3. The lowest BCUT2D eigenvalue weighted by Crippen LogP contribution is -2.05. The van der Waals surface area contributed by atoms with Gasteiger partial charge in [0.15, 0.2) is 0 Å². The Balaban J connectivity index is 2.86. The third-order valence-electron chi connectivity index (χ3n) is 1.92. The summed E-state index contributed by atoms with van der Waals surface area (Å²) < 4.78 is 38.5. The highest BCUT2D eigenvalue weighted by molar-refractivity contribution is 5.20. The van der Waals surface area contributed by atoms with Crippen LogP contribution in [0.1, 0.15) is 18.9 Å². The average Bonchev–Trinajstić information content (AvgIpc) is 2.01. The third-order valence-corrected chi connectivity index (χ3v) is 1.92. The molecule has 1 rings (SSSR count). The van der Waals surface area contributed by atoms with Crippen molar-refractivity contribution in [1.82, 2.24) is 0 Å². The second kappa shape index (κ2) is 4.46. The van der Waals surface area contributed by atoms with Crippen LogP contribution in [0.25, 0.3) is 0 Å². The first-order valence-electron chi connectivity index (χ1n) is 4.32. The van der Waals surface area contributed by atoms with Gasteiger partial charge < -0.3 is 5.11 Å². The van der Waals surface area contributed by atoms with Gasteiger partial charge in [-0.05, 0) is 19.8 Å². The summed E-state index contributed by atoms with van der Waals surface area (Å²) in [6.07, 6.45) is -0.311. The fourth-order valence-corrected chi connectivity index (χ4v) is 1.16. The van der Waals surface area contributed by atoms with Crippen LogP contribution in [0.5, 0.6) is 0 Å².